The Balaban J connectivity index is 2.86. The van der Waals surface area contributed by atoms with Gasteiger partial charge in [0.05, 0.1) is 16.9 Å². The van der Waals surface area contributed by atoms with Crippen molar-refractivity contribution in [3.05, 3.63) is 42.0 Å². The van der Waals surface area contributed by atoms with Crippen molar-refractivity contribution in [2.45, 2.75) is 45.9 Å². The Bertz CT molecular complexity index is 822. The zero-order chi connectivity index (χ0) is 20.7. The first-order valence-corrected chi connectivity index (χ1v) is 10.2. The lowest BCUT2D eigenvalue weighted by atomic mass is 9.97. The first-order chi connectivity index (χ1) is 12.4. The molecular formula is C21H29NO4S. The van der Waals surface area contributed by atoms with Crippen molar-refractivity contribution in [2.24, 2.45) is 5.41 Å². The lowest BCUT2D eigenvalue weighted by Crippen LogP contribution is -2.32. The summed E-state index contributed by atoms with van der Waals surface area (Å²) in [5.74, 6) is 5.17. The van der Waals surface area contributed by atoms with Crippen LogP contribution in [-0.4, -0.2) is 38.4 Å². The van der Waals surface area contributed by atoms with Gasteiger partial charge in [-0.2, -0.15) is 4.31 Å². The number of benzene rings is 1. The molecule has 6 heteroatoms. The van der Waals surface area contributed by atoms with Crippen LogP contribution in [-0.2, 0) is 19.6 Å². The number of sulfonamides is 1. The van der Waals surface area contributed by atoms with E-state index in [1.165, 1.54) is 4.31 Å². The molecule has 0 amide bonds. The standard InChI is InChI=1S/C21H29NO4S/c1-17(2)13-15-22(14-7-8-16-26-20(23)21(4,5)6)27(24,25)19-11-9-18(3)10-12-19/h9-12H,1,13-16H2,2-6H3. The number of ether oxygens (including phenoxy) is 1. The summed E-state index contributed by atoms with van der Waals surface area (Å²) in [6.07, 6.45) is 0.547. The topological polar surface area (TPSA) is 63.7 Å². The Hall–Kier alpha value is -2.10. The van der Waals surface area contributed by atoms with Gasteiger partial charge < -0.3 is 4.74 Å². The second-order valence-electron chi connectivity index (χ2n) is 7.54. The van der Waals surface area contributed by atoms with Crippen molar-refractivity contribution in [1.29, 1.82) is 0 Å². The quantitative estimate of drug-likeness (QED) is 0.405. The van der Waals surface area contributed by atoms with Crippen LogP contribution in [0.5, 0.6) is 0 Å². The summed E-state index contributed by atoms with van der Waals surface area (Å²) in [4.78, 5) is 11.9. The third-order valence-corrected chi connectivity index (χ3v) is 5.57. The second kappa shape index (κ2) is 9.72. The van der Waals surface area contributed by atoms with Gasteiger partial charge in [0.25, 0.3) is 0 Å². The van der Waals surface area contributed by atoms with Crippen LogP contribution in [0.15, 0.2) is 41.3 Å². The number of carbonyl (C=O) groups is 1. The van der Waals surface area contributed by atoms with Gasteiger partial charge >= 0.3 is 5.97 Å². The summed E-state index contributed by atoms with van der Waals surface area (Å²) in [6, 6.07) is 6.72. The van der Waals surface area contributed by atoms with Gasteiger partial charge in [-0.1, -0.05) is 35.1 Å². The average molecular weight is 392 g/mol. The molecule has 0 saturated heterocycles. The molecule has 148 valence electrons. The third kappa shape index (κ3) is 7.58. The maximum Gasteiger partial charge on any atom is 0.312 e. The summed E-state index contributed by atoms with van der Waals surface area (Å²) in [6.45, 7) is 13.1. The lowest BCUT2D eigenvalue weighted by Gasteiger charge is -2.20. The van der Waals surface area contributed by atoms with E-state index in [0.29, 0.717) is 13.0 Å². The molecule has 1 aromatic carbocycles. The van der Waals surface area contributed by atoms with Crippen molar-refractivity contribution >= 4 is 16.0 Å². The van der Waals surface area contributed by atoms with Gasteiger partial charge in [-0.05, 0) is 53.2 Å². The van der Waals surface area contributed by atoms with Crippen molar-refractivity contribution < 1.29 is 17.9 Å². The molecule has 1 aromatic rings. The Morgan fingerprint density at radius 2 is 1.78 bits per heavy atom. The molecule has 0 unspecified atom stereocenters. The highest BCUT2D eigenvalue weighted by molar-refractivity contribution is 7.89. The highest BCUT2D eigenvalue weighted by Gasteiger charge is 2.24. The molecule has 0 spiro atoms. The maximum absolute atomic E-state index is 12.9. The smallest absolute Gasteiger partial charge is 0.312 e. The van der Waals surface area contributed by atoms with E-state index in [-0.39, 0.29) is 24.0 Å². The molecule has 0 heterocycles. The molecule has 5 nitrogen and oxygen atoms in total. The number of hydrogen-bond donors (Lipinski definition) is 0. The summed E-state index contributed by atoms with van der Waals surface area (Å²) < 4.78 is 32.2. The fourth-order valence-electron chi connectivity index (χ4n) is 1.97. The lowest BCUT2D eigenvalue weighted by molar-refractivity contribution is -0.151. The van der Waals surface area contributed by atoms with Crippen LogP contribution in [0.25, 0.3) is 0 Å². The van der Waals surface area contributed by atoms with Crippen LogP contribution in [0, 0.1) is 24.2 Å². The Kier molecular flexibility index (Phi) is 8.26. The van der Waals surface area contributed by atoms with E-state index in [0.717, 1.165) is 11.1 Å². The van der Waals surface area contributed by atoms with E-state index in [1.807, 2.05) is 13.8 Å². The molecule has 0 aromatic heterocycles. The molecule has 0 bridgehead atoms. The highest BCUT2D eigenvalue weighted by atomic mass is 32.2. The van der Waals surface area contributed by atoms with Crippen LogP contribution in [0.4, 0.5) is 0 Å². The number of carbonyl (C=O) groups excluding carboxylic acids is 1. The minimum atomic E-state index is -3.66. The van der Waals surface area contributed by atoms with Crippen LogP contribution >= 0.6 is 0 Å². The van der Waals surface area contributed by atoms with Gasteiger partial charge in [-0.3, -0.25) is 4.79 Å². The van der Waals surface area contributed by atoms with Gasteiger partial charge in [0, 0.05) is 6.54 Å². The number of aryl methyl sites for hydroxylation is 1. The van der Waals surface area contributed by atoms with E-state index in [2.05, 4.69) is 18.4 Å². The van der Waals surface area contributed by atoms with Crippen molar-refractivity contribution in [3.8, 4) is 11.8 Å². The van der Waals surface area contributed by atoms with Crippen molar-refractivity contribution in [3.63, 3.8) is 0 Å². The molecule has 0 aliphatic heterocycles. The zero-order valence-corrected chi connectivity index (χ0v) is 17.6. The van der Waals surface area contributed by atoms with E-state index in [9.17, 15) is 13.2 Å². The van der Waals surface area contributed by atoms with Crippen molar-refractivity contribution in [2.75, 3.05) is 19.7 Å². The number of hydrogen-bond acceptors (Lipinski definition) is 4. The van der Waals surface area contributed by atoms with E-state index < -0.39 is 15.4 Å². The van der Waals surface area contributed by atoms with Gasteiger partial charge in [0.2, 0.25) is 10.0 Å². The Labute approximate surface area is 163 Å². The summed E-state index contributed by atoms with van der Waals surface area (Å²) in [5.41, 5.74) is 1.29. The number of nitrogens with zero attached hydrogens (tertiary/aromatic N) is 1. The largest absolute Gasteiger partial charge is 0.452 e. The summed E-state index contributed by atoms with van der Waals surface area (Å²) in [5, 5.41) is 0. The molecule has 0 radical (unpaired) electrons. The highest BCUT2D eigenvalue weighted by Crippen LogP contribution is 2.17. The molecular weight excluding hydrogens is 362 g/mol. The zero-order valence-electron chi connectivity index (χ0n) is 16.8. The predicted molar refractivity (Wildman–Crippen MR) is 108 cm³/mol. The Morgan fingerprint density at radius 1 is 1.19 bits per heavy atom. The minimum Gasteiger partial charge on any atom is -0.452 e. The van der Waals surface area contributed by atoms with Crippen molar-refractivity contribution in [1.82, 2.24) is 4.31 Å². The first kappa shape index (κ1) is 22.9. The number of rotatable bonds is 7. The van der Waals surface area contributed by atoms with Crippen LogP contribution in [0.2, 0.25) is 0 Å². The van der Waals surface area contributed by atoms with Gasteiger partial charge in [0.1, 0.15) is 0 Å². The van der Waals surface area contributed by atoms with E-state index >= 15 is 0 Å². The monoisotopic (exact) mass is 391 g/mol. The maximum atomic E-state index is 12.9. The Morgan fingerprint density at radius 3 is 2.30 bits per heavy atom. The van der Waals surface area contributed by atoms with Crippen LogP contribution < -0.4 is 0 Å². The molecule has 1 rings (SSSR count). The van der Waals surface area contributed by atoms with E-state index in [1.54, 1.807) is 45.0 Å². The first-order valence-electron chi connectivity index (χ1n) is 8.78. The van der Waals surface area contributed by atoms with Crippen LogP contribution in [0.3, 0.4) is 0 Å². The molecule has 0 N–H and O–H groups in total. The van der Waals surface area contributed by atoms with Gasteiger partial charge in [-0.25, -0.2) is 8.42 Å². The van der Waals surface area contributed by atoms with Crippen LogP contribution in [0.1, 0.15) is 39.7 Å². The molecule has 0 aliphatic rings. The number of esters is 1. The third-order valence-electron chi connectivity index (χ3n) is 3.71. The normalized spacial score (nSPS) is 11.6. The fourth-order valence-corrected chi connectivity index (χ4v) is 3.32. The minimum absolute atomic E-state index is 0.0244. The molecule has 0 aliphatic carbocycles. The predicted octanol–water partition coefficient (Wildman–Crippen LogP) is 3.54. The summed E-state index contributed by atoms with van der Waals surface area (Å²) >= 11 is 0. The second-order valence-corrected chi connectivity index (χ2v) is 9.48. The molecule has 0 atom stereocenters. The molecule has 0 fully saturated rings. The fraction of sp³-hybridized carbons (Fsp3) is 0.476. The van der Waals surface area contributed by atoms with Gasteiger partial charge in [0.15, 0.2) is 6.61 Å². The summed E-state index contributed by atoms with van der Waals surface area (Å²) in [7, 11) is -3.66. The molecule has 27 heavy (non-hydrogen) atoms. The SMILES string of the molecule is C=C(C)CCN(CC#CCOC(=O)C(C)(C)C)S(=O)(=O)c1ccc(C)cc1. The van der Waals surface area contributed by atoms with E-state index in [4.69, 9.17) is 4.74 Å². The average Bonchev–Trinajstić information content (AvgIpc) is 2.56. The molecule has 0 saturated carbocycles. The van der Waals surface area contributed by atoms with Gasteiger partial charge in [-0.15, -0.1) is 6.58 Å².